The molecule has 122 valence electrons. The van der Waals surface area contributed by atoms with Gasteiger partial charge in [0.2, 0.25) is 0 Å². The first-order valence-electron chi connectivity index (χ1n) is 7.26. The predicted octanol–water partition coefficient (Wildman–Crippen LogP) is 4.07. The van der Waals surface area contributed by atoms with Gasteiger partial charge in [-0.3, -0.25) is 15.0 Å². The molecule has 1 heterocycles. The number of anilines is 1. The smallest absolute Gasteiger partial charge is 0.267 e. The fraction of sp³-hybridized carbons (Fsp3) is 0.111. The lowest BCUT2D eigenvalue weighted by Crippen LogP contribution is -2.35. The Labute approximate surface area is 149 Å². The SMILES string of the molecule is Cc1ccc(N2NC(=O)/C(=C\c3ccc(Cl)cc3Cl)C2=O)cc1C. The fourth-order valence-electron chi connectivity index (χ4n) is 2.38. The van der Waals surface area contributed by atoms with Gasteiger partial charge in [0.05, 0.1) is 5.69 Å². The van der Waals surface area contributed by atoms with Crippen molar-refractivity contribution in [2.24, 2.45) is 0 Å². The van der Waals surface area contributed by atoms with E-state index in [9.17, 15) is 9.59 Å². The van der Waals surface area contributed by atoms with E-state index in [1.807, 2.05) is 26.0 Å². The van der Waals surface area contributed by atoms with Gasteiger partial charge in [0, 0.05) is 10.0 Å². The second-order valence-electron chi connectivity index (χ2n) is 5.57. The molecule has 1 saturated heterocycles. The van der Waals surface area contributed by atoms with Crippen molar-refractivity contribution in [2.75, 3.05) is 5.01 Å². The van der Waals surface area contributed by atoms with Crippen LogP contribution in [0.15, 0.2) is 42.0 Å². The third-order valence-corrected chi connectivity index (χ3v) is 4.46. The van der Waals surface area contributed by atoms with Crippen LogP contribution in [-0.2, 0) is 9.59 Å². The second-order valence-corrected chi connectivity index (χ2v) is 6.42. The summed E-state index contributed by atoms with van der Waals surface area (Å²) in [6, 6.07) is 10.4. The molecule has 0 unspecified atom stereocenters. The first kappa shape index (κ1) is 16.6. The average molecular weight is 361 g/mol. The Morgan fingerprint density at radius 2 is 1.75 bits per heavy atom. The van der Waals surface area contributed by atoms with Crippen molar-refractivity contribution in [3.63, 3.8) is 0 Å². The molecule has 0 aliphatic carbocycles. The standard InChI is InChI=1S/C18H14Cl2N2O2/c1-10-3-6-14(7-11(10)2)22-18(24)15(17(23)21-22)8-12-4-5-13(19)9-16(12)20/h3-9H,1-2H3,(H,21,23)/b15-8+. The van der Waals surface area contributed by atoms with Crippen LogP contribution in [-0.4, -0.2) is 11.8 Å². The molecule has 0 bridgehead atoms. The topological polar surface area (TPSA) is 49.4 Å². The largest absolute Gasteiger partial charge is 0.282 e. The van der Waals surface area contributed by atoms with E-state index in [0.717, 1.165) is 11.1 Å². The lowest BCUT2D eigenvalue weighted by molar-refractivity contribution is -0.117. The van der Waals surface area contributed by atoms with Gasteiger partial charge in [-0.15, -0.1) is 0 Å². The van der Waals surface area contributed by atoms with E-state index in [4.69, 9.17) is 23.2 Å². The van der Waals surface area contributed by atoms with Crippen molar-refractivity contribution in [1.29, 1.82) is 0 Å². The van der Waals surface area contributed by atoms with Gasteiger partial charge in [0.25, 0.3) is 11.8 Å². The molecule has 0 radical (unpaired) electrons. The minimum absolute atomic E-state index is 0.0254. The van der Waals surface area contributed by atoms with Crippen LogP contribution in [0.2, 0.25) is 10.0 Å². The molecule has 0 aromatic heterocycles. The zero-order chi connectivity index (χ0) is 17.4. The van der Waals surface area contributed by atoms with E-state index < -0.39 is 11.8 Å². The highest BCUT2D eigenvalue weighted by Crippen LogP contribution is 2.27. The Morgan fingerprint density at radius 3 is 2.42 bits per heavy atom. The maximum atomic E-state index is 12.6. The molecule has 0 saturated carbocycles. The van der Waals surface area contributed by atoms with Gasteiger partial charge in [-0.05, 0) is 60.9 Å². The number of halogens is 2. The number of nitrogens with zero attached hydrogens (tertiary/aromatic N) is 1. The molecule has 2 aromatic rings. The highest BCUT2D eigenvalue weighted by Gasteiger charge is 2.34. The van der Waals surface area contributed by atoms with Gasteiger partial charge >= 0.3 is 0 Å². The number of hydrogen-bond donors (Lipinski definition) is 1. The molecule has 24 heavy (non-hydrogen) atoms. The summed E-state index contributed by atoms with van der Waals surface area (Å²) in [5.41, 5.74) is 5.92. The van der Waals surface area contributed by atoms with E-state index in [1.165, 1.54) is 11.1 Å². The Kier molecular flexibility index (Phi) is 4.35. The molecule has 0 spiro atoms. The number of rotatable bonds is 2. The van der Waals surface area contributed by atoms with Crippen LogP contribution in [0.4, 0.5) is 5.69 Å². The number of nitrogens with one attached hydrogen (secondary N) is 1. The lowest BCUT2D eigenvalue weighted by Gasteiger charge is -2.16. The van der Waals surface area contributed by atoms with Crippen molar-refractivity contribution in [2.45, 2.75) is 13.8 Å². The van der Waals surface area contributed by atoms with E-state index in [1.54, 1.807) is 24.3 Å². The molecular weight excluding hydrogens is 347 g/mol. The van der Waals surface area contributed by atoms with Crippen molar-refractivity contribution in [3.8, 4) is 0 Å². The van der Waals surface area contributed by atoms with Crippen LogP contribution in [0.5, 0.6) is 0 Å². The molecule has 6 heteroatoms. The maximum Gasteiger partial charge on any atom is 0.282 e. The number of carbonyl (C=O) groups excluding carboxylic acids is 2. The average Bonchev–Trinajstić information content (AvgIpc) is 2.80. The Hall–Kier alpha value is -2.30. The summed E-state index contributed by atoms with van der Waals surface area (Å²) in [6.07, 6.45) is 1.47. The summed E-state index contributed by atoms with van der Waals surface area (Å²) < 4.78 is 0. The van der Waals surface area contributed by atoms with Crippen molar-refractivity contribution in [3.05, 3.63) is 68.7 Å². The molecule has 0 atom stereocenters. The van der Waals surface area contributed by atoms with Crippen molar-refractivity contribution < 1.29 is 9.59 Å². The summed E-state index contributed by atoms with van der Waals surface area (Å²) >= 11 is 12.0. The molecule has 2 amide bonds. The summed E-state index contributed by atoms with van der Waals surface area (Å²) in [5.74, 6) is -0.890. The maximum absolute atomic E-state index is 12.6. The highest BCUT2D eigenvalue weighted by molar-refractivity contribution is 6.36. The van der Waals surface area contributed by atoms with E-state index >= 15 is 0 Å². The van der Waals surface area contributed by atoms with Crippen LogP contribution in [0, 0.1) is 13.8 Å². The summed E-state index contributed by atoms with van der Waals surface area (Å²) in [7, 11) is 0. The molecule has 1 aliphatic rings. The summed E-state index contributed by atoms with van der Waals surface area (Å²) in [4.78, 5) is 24.8. The van der Waals surface area contributed by atoms with Gasteiger partial charge in [-0.1, -0.05) is 35.3 Å². The normalized spacial score (nSPS) is 16.0. The summed E-state index contributed by atoms with van der Waals surface area (Å²) in [6.45, 7) is 3.93. The van der Waals surface area contributed by atoms with E-state index in [-0.39, 0.29) is 5.57 Å². The van der Waals surface area contributed by atoms with E-state index in [2.05, 4.69) is 5.43 Å². The molecule has 4 nitrogen and oxygen atoms in total. The minimum Gasteiger partial charge on any atom is -0.267 e. The van der Waals surface area contributed by atoms with Crippen LogP contribution < -0.4 is 10.4 Å². The first-order valence-corrected chi connectivity index (χ1v) is 8.02. The molecule has 3 rings (SSSR count). The zero-order valence-corrected chi connectivity index (χ0v) is 14.6. The van der Waals surface area contributed by atoms with Gasteiger partial charge in [-0.25, -0.2) is 5.01 Å². The van der Waals surface area contributed by atoms with Crippen LogP contribution >= 0.6 is 23.2 Å². The van der Waals surface area contributed by atoms with Crippen LogP contribution in [0.25, 0.3) is 6.08 Å². The van der Waals surface area contributed by atoms with Crippen LogP contribution in [0.1, 0.15) is 16.7 Å². The quantitative estimate of drug-likeness (QED) is 0.648. The summed E-state index contributed by atoms with van der Waals surface area (Å²) in [5, 5.41) is 2.10. The van der Waals surface area contributed by atoms with E-state index in [0.29, 0.717) is 21.3 Å². The van der Waals surface area contributed by atoms with Gasteiger partial charge in [-0.2, -0.15) is 0 Å². The van der Waals surface area contributed by atoms with Crippen molar-refractivity contribution >= 4 is 46.8 Å². The molecular formula is C18H14Cl2N2O2. The molecule has 2 aromatic carbocycles. The van der Waals surface area contributed by atoms with Crippen LogP contribution in [0.3, 0.4) is 0 Å². The molecule has 1 fully saturated rings. The predicted molar refractivity (Wildman–Crippen MR) is 96.0 cm³/mol. The van der Waals surface area contributed by atoms with Gasteiger partial charge in [0.1, 0.15) is 5.57 Å². The molecule has 1 N–H and O–H groups in total. The Balaban J connectivity index is 1.97. The van der Waals surface area contributed by atoms with Gasteiger partial charge in [0.15, 0.2) is 0 Å². The number of carbonyl (C=O) groups is 2. The lowest BCUT2D eigenvalue weighted by atomic mass is 10.1. The zero-order valence-electron chi connectivity index (χ0n) is 13.1. The third kappa shape index (κ3) is 3.03. The highest BCUT2D eigenvalue weighted by atomic mass is 35.5. The Morgan fingerprint density at radius 1 is 1.00 bits per heavy atom. The number of hydrazine groups is 1. The Bertz CT molecular complexity index is 891. The minimum atomic E-state index is -0.468. The monoisotopic (exact) mass is 360 g/mol. The second kappa shape index (κ2) is 6.30. The van der Waals surface area contributed by atoms with Gasteiger partial charge < -0.3 is 0 Å². The number of amides is 2. The third-order valence-electron chi connectivity index (χ3n) is 3.90. The molecule has 1 aliphatic heterocycles. The number of hydrogen-bond acceptors (Lipinski definition) is 2. The number of aryl methyl sites for hydroxylation is 2. The fourth-order valence-corrected chi connectivity index (χ4v) is 2.84. The van der Waals surface area contributed by atoms with Crippen molar-refractivity contribution in [1.82, 2.24) is 5.43 Å². The first-order chi connectivity index (χ1) is 11.4. The number of benzene rings is 2.